The lowest BCUT2D eigenvalue weighted by Gasteiger charge is -2.34. The number of nitrogens with zero attached hydrogens (tertiary/aromatic N) is 4. The molecule has 3 rings (SSSR count). The van der Waals surface area contributed by atoms with Crippen molar-refractivity contribution in [2.45, 2.75) is 4.90 Å². The molecule has 1 aromatic carbocycles. The number of benzene rings is 1. The third-order valence-corrected chi connectivity index (χ3v) is 5.81. The number of carboxylic acid groups (broad SMARTS) is 1. The van der Waals surface area contributed by atoms with E-state index in [2.05, 4.69) is 10.2 Å². The van der Waals surface area contributed by atoms with Gasteiger partial charge in [-0.1, -0.05) is 12.1 Å². The first-order valence-corrected chi connectivity index (χ1v) is 8.79. The van der Waals surface area contributed by atoms with E-state index in [1.807, 2.05) is 11.0 Å². The molecule has 1 aromatic heterocycles. The summed E-state index contributed by atoms with van der Waals surface area (Å²) in [4.78, 5) is 13.1. The molecule has 0 spiro atoms. The number of piperazine rings is 1. The van der Waals surface area contributed by atoms with Gasteiger partial charge < -0.3 is 10.0 Å². The second kappa shape index (κ2) is 6.54. The Hall–Kier alpha value is -2.52. The molecule has 0 saturated carbocycles. The van der Waals surface area contributed by atoms with Gasteiger partial charge in [0.05, 0.1) is 10.5 Å². The number of aromatic carboxylic acids is 1. The van der Waals surface area contributed by atoms with E-state index in [1.54, 1.807) is 12.3 Å². The van der Waals surface area contributed by atoms with Crippen LogP contribution in [0.3, 0.4) is 0 Å². The van der Waals surface area contributed by atoms with Gasteiger partial charge in [-0.3, -0.25) is 0 Å². The molecule has 1 saturated heterocycles. The summed E-state index contributed by atoms with van der Waals surface area (Å²) in [5.74, 6) is -0.562. The fraction of sp³-hybridized carbons (Fsp3) is 0.267. The number of sulfonamides is 1. The number of carbonyl (C=O) groups is 1. The molecule has 2 aromatic rings. The molecule has 0 atom stereocenters. The van der Waals surface area contributed by atoms with Gasteiger partial charge in [-0.05, 0) is 24.3 Å². The first-order chi connectivity index (χ1) is 11.5. The number of rotatable bonds is 4. The van der Waals surface area contributed by atoms with Gasteiger partial charge in [-0.15, -0.1) is 5.10 Å². The Morgan fingerprint density at radius 3 is 2.38 bits per heavy atom. The molecule has 1 fully saturated rings. The number of aromatic nitrogens is 2. The SMILES string of the molecule is O=C(O)c1ccccc1S(=O)(=O)N1CCN(c2cccnn2)CC1. The Morgan fingerprint density at radius 1 is 1.04 bits per heavy atom. The molecule has 24 heavy (non-hydrogen) atoms. The Labute approximate surface area is 139 Å². The zero-order valence-corrected chi connectivity index (χ0v) is 13.6. The summed E-state index contributed by atoms with van der Waals surface area (Å²) < 4.78 is 26.9. The lowest BCUT2D eigenvalue weighted by atomic mass is 10.2. The van der Waals surface area contributed by atoms with Crippen molar-refractivity contribution in [2.75, 3.05) is 31.1 Å². The van der Waals surface area contributed by atoms with E-state index in [0.29, 0.717) is 18.9 Å². The van der Waals surface area contributed by atoms with Gasteiger partial charge in [0.25, 0.3) is 0 Å². The fourth-order valence-corrected chi connectivity index (χ4v) is 4.23. The minimum Gasteiger partial charge on any atom is -0.478 e. The van der Waals surface area contributed by atoms with Crippen LogP contribution in [0.15, 0.2) is 47.5 Å². The second-order valence-electron chi connectivity index (χ2n) is 5.27. The van der Waals surface area contributed by atoms with Gasteiger partial charge in [-0.2, -0.15) is 9.40 Å². The highest BCUT2D eigenvalue weighted by atomic mass is 32.2. The van der Waals surface area contributed by atoms with Crippen LogP contribution in [-0.2, 0) is 10.0 Å². The summed E-state index contributed by atoms with van der Waals surface area (Å²) in [6.07, 6.45) is 1.58. The quantitative estimate of drug-likeness (QED) is 0.867. The minimum absolute atomic E-state index is 0.176. The third-order valence-electron chi connectivity index (χ3n) is 3.86. The summed E-state index contributed by atoms with van der Waals surface area (Å²) in [7, 11) is -3.85. The van der Waals surface area contributed by atoms with Crippen molar-refractivity contribution in [1.29, 1.82) is 0 Å². The Kier molecular flexibility index (Phi) is 4.45. The molecule has 2 heterocycles. The van der Waals surface area contributed by atoms with Crippen LogP contribution >= 0.6 is 0 Å². The molecule has 8 nitrogen and oxygen atoms in total. The van der Waals surface area contributed by atoms with E-state index < -0.39 is 16.0 Å². The first-order valence-electron chi connectivity index (χ1n) is 7.35. The summed E-state index contributed by atoms with van der Waals surface area (Å²) in [5, 5.41) is 17.0. The molecular formula is C15H16N4O4S. The minimum atomic E-state index is -3.85. The van der Waals surface area contributed by atoms with Gasteiger partial charge in [-0.25, -0.2) is 13.2 Å². The zero-order valence-electron chi connectivity index (χ0n) is 12.7. The molecule has 0 aliphatic carbocycles. The summed E-state index contributed by atoms with van der Waals surface area (Å²) in [5.41, 5.74) is -0.214. The summed E-state index contributed by atoms with van der Waals surface area (Å²) in [6.45, 7) is 1.44. The van der Waals surface area contributed by atoms with E-state index in [0.717, 1.165) is 0 Å². The number of hydrogen-bond acceptors (Lipinski definition) is 6. The Bertz CT molecular complexity index is 834. The molecule has 0 radical (unpaired) electrons. The maximum Gasteiger partial charge on any atom is 0.337 e. The molecule has 1 aliphatic heterocycles. The fourth-order valence-electron chi connectivity index (χ4n) is 2.63. The maximum atomic E-state index is 12.8. The average molecular weight is 348 g/mol. The molecule has 1 N–H and O–H groups in total. The van der Waals surface area contributed by atoms with Crippen LogP contribution in [0.25, 0.3) is 0 Å². The third kappa shape index (κ3) is 3.08. The van der Waals surface area contributed by atoms with Gasteiger partial charge in [0.1, 0.15) is 0 Å². The normalized spacial score (nSPS) is 16.1. The van der Waals surface area contributed by atoms with Gasteiger partial charge in [0, 0.05) is 32.4 Å². The predicted molar refractivity (Wildman–Crippen MR) is 86.4 cm³/mol. The Morgan fingerprint density at radius 2 is 1.75 bits per heavy atom. The molecule has 126 valence electrons. The molecule has 1 aliphatic rings. The van der Waals surface area contributed by atoms with Crippen LogP contribution in [0, 0.1) is 0 Å². The van der Waals surface area contributed by atoms with Crippen molar-refractivity contribution < 1.29 is 18.3 Å². The number of anilines is 1. The van der Waals surface area contributed by atoms with Crippen molar-refractivity contribution in [3.8, 4) is 0 Å². The van der Waals surface area contributed by atoms with E-state index >= 15 is 0 Å². The topological polar surface area (TPSA) is 104 Å². The summed E-state index contributed by atoms with van der Waals surface area (Å²) >= 11 is 0. The largest absolute Gasteiger partial charge is 0.478 e. The smallest absolute Gasteiger partial charge is 0.337 e. The highest BCUT2D eigenvalue weighted by Crippen LogP contribution is 2.22. The first kappa shape index (κ1) is 16.3. The monoisotopic (exact) mass is 348 g/mol. The van der Waals surface area contributed by atoms with Gasteiger partial charge in [0.2, 0.25) is 10.0 Å². The molecule has 0 unspecified atom stereocenters. The van der Waals surface area contributed by atoms with Crippen molar-refractivity contribution >= 4 is 21.8 Å². The van der Waals surface area contributed by atoms with Crippen LogP contribution < -0.4 is 4.90 Å². The lowest BCUT2D eigenvalue weighted by molar-refractivity contribution is 0.0692. The number of carboxylic acids is 1. The van der Waals surface area contributed by atoms with Crippen molar-refractivity contribution in [2.24, 2.45) is 0 Å². The van der Waals surface area contributed by atoms with Gasteiger partial charge >= 0.3 is 5.97 Å². The summed E-state index contributed by atoms with van der Waals surface area (Å²) in [6, 6.07) is 9.24. The van der Waals surface area contributed by atoms with Crippen LogP contribution in [0.5, 0.6) is 0 Å². The molecular weight excluding hydrogens is 332 g/mol. The molecule has 9 heteroatoms. The standard InChI is InChI=1S/C15H16N4O4S/c20-15(21)12-4-1-2-5-13(12)24(22,23)19-10-8-18(9-11-19)14-6-3-7-16-17-14/h1-7H,8-11H2,(H,20,21). The molecule has 0 amide bonds. The van der Waals surface area contributed by atoms with E-state index in [1.165, 1.54) is 28.6 Å². The van der Waals surface area contributed by atoms with Crippen molar-refractivity contribution in [3.63, 3.8) is 0 Å². The zero-order chi connectivity index (χ0) is 17.2. The highest BCUT2D eigenvalue weighted by Gasteiger charge is 2.31. The van der Waals surface area contributed by atoms with Crippen molar-refractivity contribution in [1.82, 2.24) is 14.5 Å². The van der Waals surface area contributed by atoms with E-state index in [9.17, 15) is 18.3 Å². The van der Waals surface area contributed by atoms with E-state index in [-0.39, 0.29) is 23.5 Å². The van der Waals surface area contributed by atoms with Crippen LogP contribution in [0.1, 0.15) is 10.4 Å². The van der Waals surface area contributed by atoms with Crippen LogP contribution in [0.2, 0.25) is 0 Å². The second-order valence-corrected chi connectivity index (χ2v) is 7.18. The average Bonchev–Trinajstić information content (AvgIpc) is 2.62. The Balaban J connectivity index is 1.80. The van der Waals surface area contributed by atoms with E-state index in [4.69, 9.17) is 0 Å². The van der Waals surface area contributed by atoms with Crippen LogP contribution in [-0.4, -0.2) is 60.2 Å². The predicted octanol–water partition coefficient (Wildman–Crippen LogP) is 0.686. The van der Waals surface area contributed by atoms with Crippen molar-refractivity contribution in [3.05, 3.63) is 48.2 Å². The number of hydrogen-bond donors (Lipinski definition) is 1. The maximum absolute atomic E-state index is 12.8. The highest BCUT2D eigenvalue weighted by molar-refractivity contribution is 7.89. The molecule has 0 bridgehead atoms. The van der Waals surface area contributed by atoms with Gasteiger partial charge in [0.15, 0.2) is 5.82 Å². The lowest BCUT2D eigenvalue weighted by Crippen LogP contribution is -2.49. The van der Waals surface area contributed by atoms with Crippen LogP contribution in [0.4, 0.5) is 5.82 Å².